The molecule has 0 bridgehead atoms. The molecule has 0 spiro atoms. The lowest BCUT2D eigenvalue weighted by Gasteiger charge is -2.33. The number of ether oxygens (including phenoxy) is 1. The fraction of sp³-hybridized carbons (Fsp3) is 0.588. The standard InChI is InChI=1S/C17H25ClN2O3/c1-23-10-8-16(14-4-6-15(18)7-5-14)19-17(22)20-9-2-3-13(11-20)12-21/h4-7,13,16,21H,2-3,8-12H2,1H3,(H,19,22). The first kappa shape index (κ1) is 18.0. The SMILES string of the molecule is COCCC(NC(=O)N1CCCC(CO)C1)c1ccc(Cl)cc1. The summed E-state index contributed by atoms with van der Waals surface area (Å²) in [4.78, 5) is 14.3. The van der Waals surface area contributed by atoms with Crippen molar-refractivity contribution in [2.45, 2.75) is 25.3 Å². The van der Waals surface area contributed by atoms with Gasteiger partial charge >= 0.3 is 6.03 Å². The van der Waals surface area contributed by atoms with E-state index in [2.05, 4.69) is 5.32 Å². The number of urea groups is 1. The number of halogens is 1. The van der Waals surface area contributed by atoms with Crippen LogP contribution in [0.15, 0.2) is 24.3 Å². The average Bonchev–Trinajstić information content (AvgIpc) is 2.59. The number of likely N-dealkylation sites (tertiary alicyclic amines) is 1. The van der Waals surface area contributed by atoms with Crippen molar-refractivity contribution in [1.29, 1.82) is 0 Å². The Bertz CT molecular complexity index is 495. The van der Waals surface area contributed by atoms with E-state index in [-0.39, 0.29) is 24.6 Å². The smallest absolute Gasteiger partial charge is 0.317 e. The van der Waals surface area contributed by atoms with E-state index in [1.807, 2.05) is 24.3 Å². The van der Waals surface area contributed by atoms with Gasteiger partial charge in [0, 0.05) is 38.4 Å². The second kappa shape index (κ2) is 9.11. The van der Waals surface area contributed by atoms with Crippen LogP contribution >= 0.6 is 11.6 Å². The Morgan fingerprint density at radius 1 is 1.48 bits per heavy atom. The van der Waals surface area contributed by atoms with Crippen molar-refractivity contribution in [3.8, 4) is 0 Å². The zero-order valence-corrected chi connectivity index (χ0v) is 14.3. The maximum Gasteiger partial charge on any atom is 0.317 e. The summed E-state index contributed by atoms with van der Waals surface area (Å²) in [7, 11) is 1.65. The van der Waals surface area contributed by atoms with Crippen LogP contribution < -0.4 is 5.32 Å². The fourth-order valence-electron chi connectivity index (χ4n) is 2.89. The maximum atomic E-state index is 12.5. The number of aliphatic hydroxyl groups excluding tert-OH is 1. The Kier molecular flexibility index (Phi) is 7.15. The van der Waals surface area contributed by atoms with Crippen LogP contribution in [0.25, 0.3) is 0 Å². The number of methoxy groups -OCH3 is 1. The number of hydrogen-bond donors (Lipinski definition) is 2. The van der Waals surface area contributed by atoms with Gasteiger partial charge in [0.15, 0.2) is 0 Å². The third-order valence-corrected chi connectivity index (χ3v) is 4.50. The molecule has 1 fully saturated rings. The summed E-state index contributed by atoms with van der Waals surface area (Å²) in [5.74, 6) is 0.183. The molecule has 1 saturated heterocycles. The number of nitrogens with zero attached hydrogens (tertiary/aromatic N) is 1. The van der Waals surface area contributed by atoms with Gasteiger partial charge in [0.2, 0.25) is 0 Å². The molecule has 0 aliphatic carbocycles. The van der Waals surface area contributed by atoms with Crippen LogP contribution in [0.5, 0.6) is 0 Å². The van der Waals surface area contributed by atoms with Gasteiger partial charge in [-0.2, -0.15) is 0 Å². The molecule has 1 heterocycles. The Morgan fingerprint density at radius 3 is 2.87 bits per heavy atom. The number of carbonyl (C=O) groups excluding carboxylic acids is 1. The third-order valence-electron chi connectivity index (χ3n) is 4.25. The summed E-state index contributed by atoms with van der Waals surface area (Å²) in [6.45, 7) is 2.04. The predicted molar refractivity (Wildman–Crippen MR) is 90.6 cm³/mol. The van der Waals surface area contributed by atoms with Gasteiger partial charge in [0.1, 0.15) is 0 Å². The van der Waals surface area contributed by atoms with Gasteiger partial charge in [-0.15, -0.1) is 0 Å². The fourth-order valence-corrected chi connectivity index (χ4v) is 3.02. The van der Waals surface area contributed by atoms with Crippen molar-refractivity contribution in [3.63, 3.8) is 0 Å². The monoisotopic (exact) mass is 340 g/mol. The van der Waals surface area contributed by atoms with Gasteiger partial charge in [-0.25, -0.2) is 4.79 Å². The number of nitrogens with one attached hydrogen (secondary N) is 1. The molecule has 1 aromatic carbocycles. The molecule has 0 radical (unpaired) electrons. The minimum Gasteiger partial charge on any atom is -0.396 e. The van der Waals surface area contributed by atoms with Crippen molar-refractivity contribution >= 4 is 17.6 Å². The maximum absolute atomic E-state index is 12.5. The quantitative estimate of drug-likeness (QED) is 0.837. The molecular weight excluding hydrogens is 316 g/mol. The normalized spacial score (nSPS) is 19.4. The number of carbonyl (C=O) groups is 1. The largest absolute Gasteiger partial charge is 0.396 e. The molecule has 6 heteroatoms. The minimum atomic E-state index is -0.116. The third kappa shape index (κ3) is 5.37. The van der Waals surface area contributed by atoms with Crippen LogP contribution in [0.2, 0.25) is 5.02 Å². The van der Waals surface area contributed by atoms with E-state index in [1.54, 1.807) is 12.0 Å². The predicted octanol–water partition coefficient (Wildman–Crippen LogP) is 2.83. The number of rotatable bonds is 6. The van der Waals surface area contributed by atoms with E-state index >= 15 is 0 Å². The average molecular weight is 341 g/mol. The highest BCUT2D eigenvalue weighted by Crippen LogP contribution is 2.21. The number of amides is 2. The highest BCUT2D eigenvalue weighted by molar-refractivity contribution is 6.30. The highest BCUT2D eigenvalue weighted by Gasteiger charge is 2.25. The van der Waals surface area contributed by atoms with Crippen molar-refractivity contribution in [2.24, 2.45) is 5.92 Å². The molecule has 2 N–H and O–H groups in total. The van der Waals surface area contributed by atoms with E-state index in [0.29, 0.717) is 24.6 Å². The summed E-state index contributed by atoms with van der Waals surface area (Å²) >= 11 is 5.94. The highest BCUT2D eigenvalue weighted by atomic mass is 35.5. The van der Waals surface area contributed by atoms with Crippen LogP contribution in [0.3, 0.4) is 0 Å². The zero-order chi connectivity index (χ0) is 16.7. The summed E-state index contributed by atoms with van der Waals surface area (Å²) in [6.07, 6.45) is 2.61. The van der Waals surface area contributed by atoms with E-state index in [0.717, 1.165) is 24.9 Å². The van der Waals surface area contributed by atoms with Crippen molar-refractivity contribution in [2.75, 3.05) is 33.4 Å². The van der Waals surface area contributed by atoms with Gasteiger partial charge in [0.25, 0.3) is 0 Å². The van der Waals surface area contributed by atoms with Gasteiger partial charge in [0.05, 0.1) is 6.04 Å². The first-order valence-electron chi connectivity index (χ1n) is 8.04. The number of benzene rings is 1. The molecular formula is C17H25ClN2O3. The van der Waals surface area contributed by atoms with Crippen molar-refractivity contribution in [3.05, 3.63) is 34.9 Å². The topological polar surface area (TPSA) is 61.8 Å². The second-order valence-corrected chi connectivity index (χ2v) is 6.41. The van der Waals surface area contributed by atoms with Crippen LogP contribution in [0, 0.1) is 5.92 Å². The molecule has 1 aliphatic heterocycles. The number of aliphatic hydroxyl groups is 1. The van der Waals surface area contributed by atoms with Gasteiger partial charge in [-0.05, 0) is 42.9 Å². The van der Waals surface area contributed by atoms with Gasteiger partial charge in [-0.3, -0.25) is 0 Å². The first-order valence-corrected chi connectivity index (χ1v) is 8.42. The van der Waals surface area contributed by atoms with E-state index in [9.17, 15) is 9.90 Å². The van der Waals surface area contributed by atoms with Crippen molar-refractivity contribution in [1.82, 2.24) is 10.2 Å². The summed E-state index contributed by atoms with van der Waals surface area (Å²) < 4.78 is 5.16. The molecule has 2 atom stereocenters. The van der Waals surface area contributed by atoms with Crippen LogP contribution in [-0.2, 0) is 4.74 Å². The molecule has 2 amide bonds. The molecule has 1 aliphatic rings. The lowest BCUT2D eigenvalue weighted by molar-refractivity contribution is 0.125. The Hall–Kier alpha value is -1.30. The Labute approximate surface area is 142 Å². The first-order chi connectivity index (χ1) is 11.1. The molecule has 2 unspecified atom stereocenters. The molecule has 0 saturated carbocycles. The van der Waals surface area contributed by atoms with Gasteiger partial charge < -0.3 is 20.1 Å². The molecule has 128 valence electrons. The van der Waals surface area contributed by atoms with E-state index in [1.165, 1.54) is 0 Å². The number of hydrogen-bond acceptors (Lipinski definition) is 3. The zero-order valence-electron chi connectivity index (χ0n) is 13.5. The molecule has 0 aromatic heterocycles. The van der Waals surface area contributed by atoms with Crippen LogP contribution in [0.1, 0.15) is 30.9 Å². The molecule has 23 heavy (non-hydrogen) atoms. The van der Waals surface area contributed by atoms with Crippen LogP contribution in [0.4, 0.5) is 4.79 Å². The minimum absolute atomic E-state index is 0.0841. The summed E-state index contributed by atoms with van der Waals surface area (Å²) in [6, 6.07) is 7.30. The van der Waals surface area contributed by atoms with Gasteiger partial charge in [-0.1, -0.05) is 23.7 Å². The summed E-state index contributed by atoms with van der Waals surface area (Å²) in [5, 5.41) is 13.1. The number of piperidine rings is 1. The van der Waals surface area contributed by atoms with Crippen LogP contribution in [-0.4, -0.2) is 49.5 Å². The summed E-state index contributed by atoms with van der Waals surface area (Å²) in [5.41, 5.74) is 1.01. The second-order valence-electron chi connectivity index (χ2n) is 5.97. The van der Waals surface area contributed by atoms with E-state index < -0.39 is 0 Å². The molecule has 2 rings (SSSR count). The molecule has 5 nitrogen and oxygen atoms in total. The lowest BCUT2D eigenvalue weighted by atomic mass is 9.99. The van der Waals surface area contributed by atoms with Crippen molar-refractivity contribution < 1.29 is 14.6 Å². The lowest BCUT2D eigenvalue weighted by Crippen LogP contribution is -2.47. The Morgan fingerprint density at radius 2 is 2.22 bits per heavy atom. The van der Waals surface area contributed by atoms with E-state index in [4.69, 9.17) is 16.3 Å². The molecule has 1 aromatic rings. The Balaban J connectivity index is 2.01.